The van der Waals surface area contributed by atoms with E-state index in [2.05, 4.69) is 0 Å². The second-order valence-corrected chi connectivity index (χ2v) is 5.65. The van der Waals surface area contributed by atoms with Gasteiger partial charge in [-0.3, -0.25) is 9.59 Å². The maximum Gasteiger partial charge on any atom is 0.335 e. The molecule has 2 aromatic carbocycles. The van der Waals surface area contributed by atoms with Crippen molar-refractivity contribution in [2.75, 3.05) is 10.6 Å². The normalized spacial score (nSPS) is 13.4. The molecule has 23 heavy (non-hydrogen) atoms. The van der Waals surface area contributed by atoms with E-state index in [0.29, 0.717) is 0 Å². The summed E-state index contributed by atoms with van der Waals surface area (Å²) >= 11 is 11.9. The van der Waals surface area contributed by atoms with Crippen molar-refractivity contribution in [1.82, 2.24) is 0 Å². The highest BCUT2D eigenvalue weighted by Gasteiger charge is 2.37. The molecule has 1 aliphatic rings. The second-order valence-electron chi connectivity index (χ2n) is 4.83. The van der Waals surface area contributed by atoms with Crippen LogP contribution in [-0.4, -0.2) is 22.9 Å². The van der Waals surface area contributed by atoms with Gasteiger partial charge in [-0.15, -0.1) is 0 Å². The highest BCUT2D eigenvalue weighted by atomic mass is 35.5. The fourth-order valence-electron chi connectivity index (χ4n) is 2.31. The molecule has 0 fully saturated rings. The average molecular weight is 351 g/mol. The van der Waals surface area contributed by atoms with Crippen molar-refractivity contribution < 1.29 is 19.5 Å². The molecule has 116 valence electrons. The van der Waals surface area contributed by atoms with E-state index in [1.807, 2.05) is 0 Å². The highest BCUT2D eigenvalue weighted by Crippen LogP contribution is 2.36. The summed E-state index contributed by atoms with van der Waals surface area (Å²) in [5.41, 5.74) is 5.99. The van der Waals surface area contributed by atoms with E-state index in [1.54, 1.807) is 0 Å². The quantitative estimate of drug-likeness (QED) is 0.640. The Balaban J connectivity index is 2.12. The number of hydrogen-bond donors (Lipinski definition) is 2. The number of benzene rings is 2. The molecule has 0 atom stereocenters. The molecule has 0 bridgehead atoms. The number of hydrogen-bond acceptors (Lipinski definition) is 4. The van der Waals surface area contributed by atoms with Gasteiger partial charge < -0.3 is 10.8 Å². The Kier molecular flexibility index (Phi) is 3.50. The number of imide groups is 1. The third-order valence-electron chi connectivity index (χ3n) is 3.46. The van der Waals surface area contributed by atoms with Crippen molar-refractivity contribution in [3.05, 3.63) is 57.1 Å². The molecule has 3 rings (SSSR count). The van der Waals surface area contributed by atoms with Gasteiger partial charge in [0, 0.05) is 0 Å². The molecule has 0 radical (unpaired) electrons. The van der Waals surface area contributed by atoms with Crippen molar-refractivity contribution in [2.45, 2.75) is 0 Å². The number of carboxylic acids is 1. The topological polar surface area (TPSA) is 101 Å². The molecule has 0 saturated carbocycles. The molecule has 8 heteroatoms. The fourth-order valence-corrected chi connectivity index (χ4v) is 2.78. The minimum Gasteiger partial charge on any atom is -0.478 e. The average Bonchev–Trinajstić information content (AvgIpc) is 2.75. The molecule has 0 unspecified atom stereocenters. The number of nitrogens with zero attached hydrogens (tertiary/aromatic N) is 1. The van der Waals surface area contributed by atoms with Crippen LogP contribution in [0.4, 0.5) is 11.4 Å². The summed E-state index contributed by atoms with van der Waals surface area (Å²) < 4.78 is 0. The third kappa shape index (κ3) is 2.32. The molecule has 0 spiro atoms. The first-order valence-corrected chi connectivity index (χ1v) is 7.07. The van der Waals surface area contributed by atoms with Crippen LogP contribution in [0.3, 0.4) is 0 Å². The number of anilines is 2. The summed E-state index contributed by atoms with van der Waals surface area (Å²) in [5, 5.41) is 9.21. The maximum atomic E-state index is 12.5. The predicted octanol–water partition coefficient (Wildman–Crippen LogP) is 3.07. The molecule has 1 aliphatic heterocycles. The Hall–Kier alpha value is -2.57. The first-order valence-electron chi connectivity index (χ1n) is 6.32. The number of carbonyl (C=O) groups excluding carboxylic acids is 2. The maximum absolute atomic E-state index is 12.5. The number of carboxylic acid groups (broad SMARTS) is 1. The zero-order valence-corrected chi connectivity index (χ0v) is 12.9. The van der Waals surface area contributed by atoms with Crippen LogP contribution in [-0.2, 0) is 0 Å². The Labute approximate surface area is 140 Å². The number of amides is 2. The Morgan fingerprint density at radius 1 is 1.00 bits per heavy atom. The first-order chi connectivity index (χ1) is 10.8. The number of nitrogen functional groups attached to an aromatic ring is 1. The molecule has 0 saturated heterocycles. The minimum absolute atomic E-state index is 0.0129. The molecule has 0 aliphatic carbocycles. The molecule has 6 nitrogen and oxygen atoms in total. The van der Waals surface area contributed by atoms with Gasteiger partial charge in [0.1, 0.15) is 0 Å². The summed E-state index contributed by atoms with van der Waals surface area (Å²) in [6.45, 7) is 0. The molecule has 2 aromatic rings. The van der Waals surface area contributed by atoms with E-state index in [1.165, 1.54) is 30.3 Å². The van der Waals surface area contributed by atoms with Crippen LogP contribution >= 0.6 is 23.2 Å². The SMILES string of the molecule is Nc1c(Cl)cc(N2C(=O)c3ccc(C(=O)O)cc3C2=O)cc1Cl. The van der Waals surface area contributed by atoms with Gasteiger partial charge in [-0.1, -0.05) is 23.2 Å². The van der Waals surface area contributed by atoms with Crippen LogP contribution in [0.25, 0.3) is 0 Å². The summed E-state index contributed by atoms with van der Waals surface area (Å²) in [6, 6.07) is 6.43. The zero-order chi connectivity index (χ0) is 16.9. The van der Waals surface area contributed by atoms with Crippen LogP contribution in [0.15, 0.2) is 30.3 Å². The summed E-state index contributed by atoms with van der Waals surface area (Å²) in [6.07, 6.45) is 0. The number of aromatic carboxylic acids is 1. The van der Waals surface area contributed by atoms with Gasteiger partial charge in [0.15, 0.2) is 0 Å². The van der Waals surface area contributed by atoms with E-state index in [9.17, 15) is 14.4 Å². The van der Waals surface area contributed by atoms with E-state index >= 15 is 0 Å². The largest absolute Gasteiger partial charge is 0.478 e. The minimum atomic E-state index is -1.19. The van der Waals surface area contributed by atoms with Crippen LogP contribution in [0, 0.1) is 0 Å². The van der Waals surface area contributed by atoms with Crippen molar-refractivity contribution in [3.63, 3.8) is 0 Å². The number of rotatable bonds is 2. The Morgan fingerprint density at radius 2 is 1.57 bits per heavy atom. The monoisotopic (exact) mass is 350 g/mol. The van der Waals surface area contributed by atoms with Crippen molar-refractivity contribution in [3.8, 4) is 0 Å². The Bertz CT molecular complexity index is 872. The number of carbonyl (C=O) groups is 3. The van der Waals surface area contributed by atoms with Gasteiger partial charge >= 0.3 is 5.97 Å². The molecule has 2 amide bonds. The van der Waals surface area contributed by atoms with E-state index in [-0.39, 0.29) is 38.1 Å². The van der Waals surface area contributed by atoms with Crippen LogP contribution in [0.2, 0.25) is 10.0 Å². The molecule has 1 heterocycles. The summed E-state index contributed by atoms with van der Waals surface area (Å²) in [5.74, 6) is -2.42. The second kappa shape index (κ2) is 5.26. The highest BCUT2D eigenvalue weighted by molar-refractivity contribution is 6.40. The molecule has 0 aromatic heterocycles. The number of fused-ring (bicyclic) bond motifs is 1. The van der Waals surface area contributed by atoms with E-state index < -0.39 is 17.8 Å². The van der Waals surface area contributed by atoms with Gasteiger partial charge in [-0.2, -0.15) is 0 Å². The van der Waals surface area contributed by atoms with Crippen molar-refractivity contribution in [2.24, 2.45) is 0 Å². The van der Waals surface area contributed by atoms with Gasteiger partial charge in [0.2, 0.25) is 0 Å². The van der Waals surface area contributed by atoms with Gasteiger partial charge in [-0.25, -0.2) is 9.69 Å². The van der Waals surface area contributed by atoms with Crippen LogP contribution in [0.5, 0.6) is 0 Å². The van der Waals surface area contributed by atoms with Gasteiger partial charge in [-0.05, 0) is 30.3 Å². The first kappa shape index (κ1) is 15.3. The van der Waals surface area contributed by atoms with Crippen molar-refractivity contribution in [1.29, 1.82) is 0 Å². The van der Waals surface area contributed by atoms with Gasteiger partial charge in [0.25, 0.3) is 11.8 Å². The number of halogens is 2. The summed E-state index contributed by atoms with van der Waals surface area (Å²) in [7, 11) is 0. The van der Waals surface area contributed by atoms with E-state index in [0.717, 1.165) is 4.90 Å². The lowest BCUT2D eigenvalue weighted by atomic mass is 10.1. The Morgan fingerprint density at radius 3 is 2.13 bits per heavy atom. The lowest BCUT2D eigenvalue weighted by molar-refractivity contribution is 0.0696. The molecular formula is C15H8Cl2N2O4. The van der Waals surface area contributed by atoms with E-state index in [4.69, 9.17) is 34.0 Å². The summed E-state index contributed by atoms with van der Waals surface area (Å²) in [4.78, 5) is 36.8. The number of nitrogens with two attached hydrogens (primary N) is 1. The lowest BCUT2D eigenvalue weighted by Gasteiger charge is -2.15. The standard InChI is InChI=1S/C15H8Cl2N2O4/c16-10-4-7(5-11(17)12(10)18)19-13(20)8-2-1-6(15(22)23)3-9(8)14(19)21/h1-5H,18H2,(H,22,23). The molecule has 3 N–H and O–H groups in total. The lowest BCUT2D eigenvalue weighted by Crippen LogP contribution is -2.29. The van der Waals surface area contributed by atoms with Crippen LogP contribution in [0.1, 0.15) is 31.1 Å². The van der Waals surface area contributed by atoms with Crippen LogP contribution < -0.4 is 10.6 Å². The third-order valence-corrected chi connectivity index (χ3v) is 4.08. The van der Waals surface area contributed by atoms with Crippen molar-refractivity contribution >= 4 is 52.4 Å². The van der Waals surface area contributed by atoms with Gasteiger partial charge in [0.05, 0.1) is 38.1 Å². The predicted molar refractivity (Wildman–Crippen MR) is 85.4 cm³/mol. The zero-order valence-electron chi connectivity index (χ0n) is 11.3. The fraction of sp³-hybridized carbons (Fsp3) is 0. The smallest absolute Gasteiger partial charge is 0.335 e. The molecular weight excluding hydrogens is 343 g/mol.